The Morgan fingerprint density at radius 2 is 1.75 bits per heavy atom. The summed E-state index contributed by atoms with van der Waals surface area (Å²) >= 11 is 0. The summed E-state index contributed by atoms with van der Waals surface area (Å²) in [6, 6.07) is 6.10. The number of amides is 2. The highest BCUT2D eigenvalue weighted by Gasteiger charge is 2.37. The topological polar surface area (TPSA) is 116 Å². The Hall–Kier alpha value is -2.94. The highest BCUT2D eigenvalue weighted by Crippen LogP contribution is 2.17. The first kappa shape index (κ1) is 19.8. The number of rotatable bonds is 7. The second-order valence-electron chi connectivity index (χ2n) is 6.84. The number of carbonyl (C=O) groups is 4. The molecule has 9 heteroatoms. The summed E-state index contributed by atoms with van der Waals surface area (Å²) in [7, 11) is 0. The minimum absolute atomic E-state index is 0.0777. The molecule has 1 aromatic carbocycles. The molecule has 2 N–H and O–H groups in total. The lowest BCUT2D eigenvalue weighted by Crippen LogP contribution is -2.59. The molecule has 2 aliphatic rings. The predicted molar refractivity (Wildman–Crippen MR) is 98.1 cm³/mol. The molecule has 0 aromatic heterocycles. The van der Waals surface area contributed by atoms with Gasteiger partial charge in [0.1, 0.15) is 5.75 Å². The fourth-order valence-electron chi connectivity index (χ4n) is 3.45. The molecule has 0 radical (unpaired) electrons. The molecule has 0 atom stereocenters. The number of aliphatic carboxylic acids is 1. The molecule has 2 heterocycles. The van der Waals surface area contributed by atoms with E-state index < -0.39 is 24.4 Å². The number of hydrogen-bond donors (Lipinski definition) is 2. The molecule has 0 bridgehead atoms. The van der Waals surface area contributed by atoms with Gasteiger partial charge in [0.05, 0.1) is 6.54 Å². The van der Waals surface area contributed by atoms with Crippen LogP contribution in [0.2, 0.25) is 0 Å². The van der Waals surface area contributed by atoms with Crippen molar-refractivity contribution in [1.82, 2.24) is 15.1 Å². The Balaban J connectivity index is 1.56. The van der Waals surface area contributed by atoms with Crippen molar-refractivity contribution < 1.29 is 29.0 Å². The molecule has 0 saturated carbocycles. The molecule has 2 fully saturated rings. The first-order chi connectivity index (χ1) is 13.5. The maximum absolute atomic E-state index is 12.5. The van der Waals surface area contributed by atoms with Crippen LogP contribution in [0.5, 0.6) is 5.75 Å². The molecule has 0 aliphatic carbocycles. The van der Waals surface area contributed by atoms with E-state index in [1.165, 1.54) is 29.2 Å². The molecule has 3 rings (SSSR count). The van der Waals surface area contributed by atoms with Crippen molar-refractivity contribution in [2.45, 2.75) is 18.9 Å². The zero-order chi connectivity index (χ0) is 20.1. The van der Waals surface area contributed by atoms with Crippen LogP contribution in [0.4, 0.5) is 0 Å². The van der Waals surface area contributed by atoms with Gasteiger partial charge in [0.15, 0.2) is 12.4 Å². The van der Waals surface area contributed by atoms with Gasteiger partial charge in [0, 0.05) is 24.7 Å². The van der Waals surface area contributed by atoms with Crippen LogP contribution in [0.15, 0.2) is 24.3 Å². The Labute approximate surface area is 162 Å². The lowest BCUT2D eigenvalue weighted by atomic mass is 10.0. The highest BCUT2D eigenvalue weighted by atomic mass is 16.5. The van der Waals surface area contributed by atoms with Crippen molar-refractivity contribution in [3.63, 3.8) is 0 Å². The van der Waals surface area contributed by atoms with Crippen molar-refractivity contribution in [3.05, 3.63) is 29.8 Å². The number of benzene rings is 1. The first-order valence-electron chi connectivity index (χ1n) is 9.24. The van der Waals surface area contributed by atoms with Gasteiger partial charge in [-0.25, -0.2) is 4.79 Å². The van der Waals surface area contributed by atoms with E-state index in [0.29, 0.717) is 24.4 Å². The molecule has 2 saturated heterocycles. The average molecular weight is 389 g/mol. The van der Waals surface area contributed by atoms with Gasteiger partial charge >= 0.3 is 17.8 Å². The SMILES string of the molecule is O=C(O)COc1ccc(C(=O)CN2CCN(C3CCNCC3)C(=O)C2=O)cc1. The molecule has 2 aliphatic heterocycles. The fourth-order valence-corrected chi connectivity index (χ4v) is 3.45. The lowest BCUT2D eigenvalue weighted by molar-refractivity contribution is -0.157. The smallest absolute Gasteiger partial charge is 0.341 e. The molecule has 28 heavy (non-hydrogen) atoms. The van der Waals surface area contributed by atoms with E-state index in [1.54, 1.807) is 4.90 Å². The zero-order valence-corrected chi connectivity index (χ0v) is 15.4. The third-order valence-corrected chi connectivity index (χ3v) is 4.96. The number of nitrogens with zero attached hydrogens (tertiary/aromatic N) is 2. The maximum Gasteiger partial charge on any atom is 0.341 e. The van der Waals surface area contributed by atoms with Crippen LogP contribution in [0.3, 0.4) is 0 Å². The molecule has 0 unspecified atom stereocenters. The number of Topliss-reactive ketones (excluding diaryl/α,β-unsaturated/α-hetero) is 1. The summed E-state index contributed by atoms with van der Waals surface area (Å²) in [4.78, 5) is 50.8. The number of carbonyl (C=O) groups excluding carboxylic acids is 3. The van der Waals surface area contributed by atoms with E-state index in [9.17, 15) is 19.2 Å². The molecule has 0 spiro atoms. The Morgan fingerprint density at radius 1 is 1.07 bits per heavy atom. The van der Waals surface area contributed by atoms with Crippen LogP contribution in [0, 0.1) is 0 Å². The van der Waals surface area contributed by atoms with Crippen LogP contribution >= 0.6 is 0 Å². The van der Waals surface area contributed by atoms with Crippen LogP contribution in [0.25, 0.3) is 0 Å². The number of nitrogens with one attached hydrogen (secondary N) is 1. The second kappa shape index (κ2) is 8.83. The molecule has 1 aromatic rings. The van der Waals surface area contributed by atoms with Crippen molar-refractivity contribution >= 4 is 23.6 Å². The van der Waals surface area contributed by atoms with Gasteiger partial charge in [0.2, 0.25) is 0 Å². The summed E-state index contributed by atoms with van der Waals surface area (Å²) in [5.74, 6) is -2.23. The largest absolute Gasteiger partial charge is 0.482 e. The summed E-state index contributed by atoms with van der Waals surface area (Å²) in [6.07, 6.45) is 1.66. The number of carboxylic acid groups (broad SMARTS) is 1. The highest BCUT2D eigenvalue weighted by molar-refractivity contribution is 6.35. The van der Waals surface area contributed by atoms with Gasteiger partial charge in [0.25, 0.3) is 0 Å². The van der Waals surface area contributed by atoms with Gasteiger partial charge < -0.3 is 25.0 Å². The standard InChI is InChI=1S/C19H23N3O6/c23-16(13-1-3-15(4-2-13)28-12-17(24)25)11-21-9-10-22(19(27)18(21)26)14-5-7-20-8-6-14/h1-4,14,20H,5-12H2,(H,24,25). The zero-order valence-electron chi connectivity index (χ0n) is 15.4. The normalized spacial score (nSPS) is 18.3. The molecular formula is C19H23N3O6. The van der Waals surface area contributed by atoms with E-state index in [-0.39, 0.29) is 18.4 Å². The minimum atomic E-state index is -1.09. The van der Waals surface area contributed by atoms with Crippen LogP contribution in [0.1, 0.15) is 23.2 Å². The number of ketones is 1. The third-order valence-electron chi connectivity index (χ3n) is 4.96. The van der Waals surface area contributed by atoms with Gasteiger partial charge in [-0.1, -0.05) is 0 Å². The number of piperazine rings is 1. The van der Waals surface area contributed by atoms with Crippen LogP contribution in [-0.4, -0.2) is 83.8 Å². The number of carboxylic acids is 1. The summed E-state index contributed by atoms with van der Waals surface area (Å²) in [6.45, 7) is 1.80. The first-order valence-corrected chi connectivity index (χ1v) is 9.24. The molecule has 150 valence electrons. The van der Waals surface area contributed by atoms with Gasteiger partial charge in [-0.2, -0.15) is 0 Å². The van der Waals surface area contributed by atoms with Gasteiger partial charge in [-0.15, -0.1) is 0 Å². The van der Waals surface area contributed by atoms with Crippen molar-refractivity contribution in [2.24, 2.45) is 0 Å². The monoisotopic (exact) mass is 389 g/mol. The fraction of sp³-hybridized carbons (Fsp3) is 0.474. The van der Waals surface area contributed by atoms with Crippen molar-refractivity contribution in [2.75, 3.05) is 39.3 Å². The summed E-state index contributed by atoms with van der Waals surface area (Å²) in [5, 5.41) is 11.8. The minimum Gasteiger partial charge on any atom is -0.482 e. The Morgan fingerprint density at radius 3 is 2.39 bits per heavy atom. The Bertz CT molecular complexity index is 757. The molecule has 9 nitrogen and oxygen atoms in total. The van der Waals surface area contributed by atoms with Gasteiger partial charge in [-0.3, -0.25) is 14.4 Å². The van der Waals surface area contributed by atoms with Crippen molar-refractivity contribution in [3.8, 4) is 5.75 Å². The quantitative estimate of drug-likeness (QED) is 0.488. The Kier molecular flexibility index (Phi) is 6.25. The molecular weight excluding hydrogens is 366 g/mol. The summed E-state index contributed by atoms with van der Waals surface area (Å²) in [5.41, 5.74) is 0.365. The van der Waals surface area contributed by atoms with Crippen molar-refractivity contribution in [1.29, 1.82) is 0 Å². The van der Waals surface area contributed by atoms with E-state index in [2.05, 4.69) is 5.32 Å². The predicted octanol–water partition coefficient (Wildman–Crippen LogP) is -0.244. The van der Waals surface area contributed by atoms with Crippen LogP contribution < -0.4 is 10.1 Å². The third kappa shape index (κ3) is 4.66. The summed E-state index contributed by atoms with van der Waals surface area (Å²) < 4.78 is 5.02. The molecule has 2 amide bonds. The van der Waals surface area contributed by atoms with E-state index in [1.807, 2.05) is 0 Å². The number of ether oxygens (including phenoxy) is 1. The van der Waals surface area contributed by atoms with E-state index >= 15 is 0 Å². The van der Waals surface area contributed by atoms with E-state index in [4.69, 9.17) is 9.84 Å². The van der Waals surface area contributed by atoms with Gasteiger partial charge in [-0.05, 0) is 50.2 Å². The maximum atomic E-state index is 12.5. The number of piperidine rings is 1. The number of hydrogen-bond acceptors (Lipinski definition) is 6. The van der Waals surface area contributed by atoms with E-state index in [0.717, 1.165) is 25.9 Å². The lowest BCUT2D eigenvalue weighted by Gasteiger charge is -2.39. The second-order valence-corrected chi connectivity index (χ2v) is 6.84. The van der Waals surface area contributed by atoms with Crippen LogP contribution in [-0.2, 0) is 14.4 Å². The average Bonchev–Trinajstić information content (AvgIpc) is 2.71.